The number of benzene rings is 2. The van der Waals surface area contributed by atoms with Gasteiger partial charge in [0.25, 0.3) is 0 Å². The molecule has 0 unspecified atom stereocenters. The zero-order valence-corrected chi connectivity index (χ0v) is 15.0. The molecule has 4 nitrogen and oxygen atoms in total. The molecule has 0 spiro atoms. The highest BCUT2D eigenvalue weighted by molar-refractivity contribution is 7.99. The quantitative estimate of drug-likeness (QED) is 0.497. The van der Waals surface area contributed by atoms with Crippen molar-refractivity contribution in [2.24, 2.45) is 7.05 Å². The van der Waals surface area contributed by atoms with Crippen LogP contribution < -0.4 is 4.74 Å². The number of aromatic nitrogens is 3. The van der Waals surface area contributed by atoms with Crippen molar-refractivity contribution in [2.45, 2.75) is 19.0 Å². The maximum Gasteiger partial charge on any atom is 0.191 e. The van der Waals surface area contributed by atoms with Crippen LogP contribution in [-0.4, -0.2) is 27.1 Å². The zero-order valence-electron chi connectivity index (χ0n) is 14.2. The highest BCUT2D eigenvalue weighted by atomic mass is 32.2. The Morgan fingerprint density at radius 3 is 2.62 bits per heavy atom. The van der Waals surface area contributed by atoms with Crippen LogP contribution in [0.5, 0.6) is 5.75 Å². The molecular weight excluding hydrogens is 318 g/mol. The SMILES string of the molecule is Cc1ccc(C)c(OCCSc2nnc(-c3ccccc3)n2C)c1. The Morgan fingerprint density at radius 1 is 1.04 bits per heavy atom. The third kappa shape index (κ3) is 3.79. The minimum Gasteiger partial charge on any atom is -0.492 e. The van der Waals surface area contributed by atoms with E-state index in [9.17, 15) is 0 Å². The first kappa shape index (κ1) is 16.6. The molecule has 1 aromatic heterocycles. The smallest absolute Gasteiger partial charge is 0.191 e. The van der Waals surface area contributed by atoms with Crippen molar-refractivity contribution < 1.29 is 4.74 Å². The molecule has 0 amide bonds. The number of aryl methyl sites for hydroxylation is 2. The number of thioether (sulfide) groups is 1. The summed E-state index contributed by atoms with van der Waals surface area (Å²) in [6.45, 7) is 4.78. The van der Waals surface area contributed by atoms with Gasteiger partial charge in [-0.1, -0.05) is 54.2 Å². The van der Waals surface area contributed by atoms with Crippen LogP contribution >= 0.6 is 11.8 Å². The predicted molar refractivity (Wildman–Crippen MR) is 98.6 cm³/mol. The van der Waals surface area contributed by atoms with Gasteiger partial charge in [-0.05, 0) is 31.0 Å². The van der Waals surface area contributed by atoms with Crippen molar-refractivity contribution in [1.82, 2.24) is 14.8 Å². The van der Waals surface area contributed by atoms with Crippen LogP contribution in [0.4, 0.5) is 0 Å². The van der Waals surface area contributed by atoms with Crippen molar-refractivity contribution >= 4 is 11.8 Å². The zero-order chi connectivity index (χ0) is 16.9. The van der Waals surface area contributed by atoms with Gasteiger partial charge < -0.3 is 9.30 Å². The van der Waals surface area contributed by atoms with Gasteiger partial charge in [-0.25, -0.2) is 0 Å². The van der Waals surface area contributed by atoms with Crippen molar-refractivity contribution in [3.05, 3.63) is 59.7 Å². The van der Waals surface area contributed by atoms with Gasteiger partial charge in [0, 0.05) is 18.4 Å². The van der Waals surface area contributed by atoms with E-state index in [1.165, 1.54) is 5.56 Å². The van der Waals surface area contributed by atoms with E-state index in [1.807, 2.05) is 41.9 Å². The van der Waals surface area contributed by atoms with E-state index in [2.05, 4.69) is 42.2 Å². The maximum atomic E-state index is 5.89. The second kappa shape index (κ2) is 7.53. The van der Waals surface area contributed by atoms with Crippen LogP contribution in [0.2, 0.25) is 0 Å². The lowest BCUT2D eigenvalue weighted by atomic mass is 10.1. The third-order valence-electron chi connectivity index (χ3n) is 3.78. The summed E-state index contributed by atoms with van der Waals surface area (Å²) in [6.07, 6.45) is 0. The van der Waals surface area contributed by atoms with Crippen LogP contribution in [-0.2, 0) is 7.05 Å². The van der Waals surface area contributed by atoms with Crippen LogP contribution in [0.15, 0.2) is 53.7 Å². The third-order valence-corrected chi connectivity index (χ3v) is 4.77. The first-order valence-electron chi connectivity index (χ1n) is 7.93. The Kier molecular flexibility index (Phi) is 5.20. The Balaban J connectivity index is 1.58. The van der Waals surface area contributed by atoms with Gasteiger partial charge in [-0.3, -0.25) is 0 Å². The van der Waals surface area contributed by atoms with E-state index in [0.29, 0.717) is 6.61 Å². The van der Waals surface area contributed by atoms with Crippen molar-refractivity contribution in [2.75, 3.05) is 12.4 Å². The average Bonchev–Trinajstić information content (AvgIpc) is 2.96. The van der Waals surface area contributed by atoms with Gasteiger partial charge >= 0.3 is 0 Å². The van der Waals surface area contributed by atoms with E-state index in [0.717, 1.165) is 33.6 Å². The summed E-state index contributed by atoms with van der Waals surface area (Å²) in [6, 6.07) is 16.4. The molecule has 0 aliphatic carbocycles. The summed E-state index contributed by atoms with van der Waals surface area (Å²) in [7, 11) is 2.00. The number of rotatable bonds is 6. The fourth-order valence-electron chi connectivity index (χ4n) is 2.43. The molecule has 0 bridgehead atoms. The second-order valence-corrected chi connectivity index (χ2v) is 6.76. The Morgan fingerprint density at radius 2 is 1.83 bits per heavy atom. The van der Waals surface area contributed by atoms with Gasteiger partial charge in [0.15, 0.2) is 11.0 Å². The first-order valence-corrected chi connectivity index (χ1v) is 8.91. The molecule has 0 fully saturated rings. The largest absolute Gasteiger partial charge is 0.492 e. The standard InChI is InChI=1S/C19H21N3OS/c1-14-9-10-15(2)17(13-14)23-11-12-24-19-21-20-18(22(19)3)16-7-5-4-6-8-16/h4-10,13H,11-12H2,1-3H3. The van der Waals surface area contributed by atoms with Crippen LogP contribution in [0, 0.1) is 13.8 Å². The molecule has 2 aromatic carbocycles. The van der Waals surface area contributed by atoms with Gasteiger partial charge in [0.1, 0.15) is 5.75 Å². The number of hydrogen-bond donors (Lipinski definition) is 0. The highest BCUT2D eigenvalue weighted by Crippen LogP contribution is 2.23. The molecule has 1 heterocycles. The average molecular weight is 339 g/mol. The highest BCUT2D eigenvalue weighted by Gasteiger charge is 2.10. The number of nitrogens with zero attached hydrogens (tertiary/aromatic N) is 3. The Labute approximate surface area is 146 Å². The molecule has 0 radical (unpaired) electrons. The normalized spacial score (nSPS) is 10.8. The monoisotopic (exact) mass is 339 g/mol. The van der Waals surface area contributed by atoms with Gasteiger partial charge in [0.2, 0.25) is 0 Å². The topological polar surface area (TPSA) is 39.9 Å². The van der Waals surface area contributed by atoms with E-state index >= 15 is 0 Å². The molecule has 0 aliphatic heterocycles. The van der Waals surface area contributed by atoms with Gasteiger partial charge in [0.05, 0.1) is 6.61 Å². The molecule has 5 heteroatoms. The van der Waals surface area contributed by atoms with Crippen LogP contribution in [0.3, 0.4) is 0 Å². The summed E-state index contributed by atoms with van der Waals surface area (Å²) in [5.74, 6) is 2.67. The van der Waals surface area contributed by atoms with Crippen LogP contribution in [0.25, 0.3) is 11.4 Å². The first-order chi connectivity index (χ1) is 11.6. The van der Waals surface area contributed by atoms with Gasteiger partial charge in [-0.15, -0.1) is 10.2 Å². The lowest BCUT2D eigenvalue weighted by molar-refractivity contribution is 0.341. The molecule has 0 atom stereocenters. The molecular formula is C19H21N3OS. The van der Waals surface area contributed by atoms with E-state index in [4.69, 9.17) is 4.74 Å². The second-order valence-electron chi connectivity index (χ2n) is 5.70. The van der Waals surface area contributed by atoms with Gasteiger partial charge in [-0.2, -0.15) is 0 Å². The van der Waals surface area contributed by atoms with Crippen LogP contribution in [0.1, 0.15) is 11.1 Å². The number of hydrogen-bond acceptors (Lipinski definition) is 4. The summed E-state index contributed by atoms with van der Waals surface area (Å²) in [5.41, 5.74) is 3.45. The molecule has 0 saturated carbocycles. The fraction of sp³-hybridized carbons (Fsp3) is 0.263. The summed E-state index contributed by atoms with van der Waals surface area (Å²) in [4.78, 5) is 0. The summed E-state index contributed by atoms with van der Waals surface area (Å²) in [5, 5.41) is 9.49. The minimum atomic E-state index is 0.641. The summed E-state index contributed by atoms with van der Waals surface area (Å²) >= 11 is 1.66. The molecule has 3 aromatic rings. The number of ether oxygens (including phenoxy) is 1. The summed E-state index contributed by atoms with van der Waals surface area (Å²) < 4.78 is 7.92. The minimum absolute atomic E-state index is 0.641. The lowest BCUT2D eigenvalue weighted by Crippen LogP contribution is -2.03. The maximum absolute atomic E-state index is 5.89. The van der Waals surface area contributed by atoms with Crippen molar-refractivity contribution in [3.8, 4) is 17.1 Å². The van der Waals surface area contributed by atoms with E-state index in [1.54, 1.807) is 11.8 Å². The van der Waals surface area contributed by atoms with Crippen molar-refractivity contribution in [1.29, 1.82) is 0 Å². The Hall–Kier alpha value is -2.27. The predicted octanol–water partition coefficient (Wildman–Crippen LogP) is 4.27. The lowest BCUT2D eigenvalue weighted by Gasteiger charge is -2.09. The molecule has 124 valence electrons. The Bertz CT molecular complexity index is 815. The molecule has 0 saturated heterocycles. The van der Waals surface area contributed by atoms with Crippen molar-refractivity contribution in [3.63, 3.8) is 0 Å². The molecule has 24 heavy (non-hydrogen) atoms. The fourth-order valence-corrected chi connectivity index (χ4v) is 3.15. The molecule has 0 aliphatic rings. The van der Waals surface area contributed by atoms with E-state index < -0.39 is 0 Å². The molecule has 3 rings (SSSR count). The molecule has 0 N–H and O–H groups in total. The van der Waals surface area contributed by atoms with E-state index in [-0.39, 0.29) is 0 Å².